The normalized spacial score (nSPS) is 16.1. The standard InChI is InChI=1S/C22H27NO3/c1-3-4-5-6-15-25-20-13-7-17(8-14-20)21-16-22(26-23-21)18-9-11-19(24-2)12-10-18/h7-14,22H,3-6,15-16H2,1-2H3. The van der Waals surface area contributed by atoms with Crippen LogP contribution in [0.25, 0.3) is 0 Å². The van der Waals surface area contributed by atoms with Crippen LogP contribution in [0, 0.1) is 0 Å². The molecule has 0 saturated carbocycles. The Hall–Kier alpha value is -2.49. The molecule has 1 unspecified atom stereocenters. The van der Waals surface area contributed by atoms with E-state index in [1.807, 2.05) is 36.4 Å². The first-order chi connectivity index (χ1) is 12.8. The van der Waals surface area contributed by atoms with E-state index >= 15 is 0 Å². The molecule has 0 saturated heterocycles. The molecule has 4 nitrogen and oxygen atoms in total. The number of benzene rings is 2. The third-order valence-electron chi connectivity index (χ3n) is 4.61. The molecule has 0 bridgehead atoms. The van der Waals surface area contributed by atoms with Crippen molar-refractivity contribution < 1.29 is 14.3 Å². The van der Waals surface area contributed by atoms with Crippen molar-refractivity contribution >= 4 is 5.71 Å². The van der Waals surface area contributed by atoms with Crippen LogP contribution in [-0.2, 0) is 4.84 Å². The van der Waals surface area contributed by atoms with Gasteiger partial charge in [0.05, 0.1) is 19.4 Å². The van der Waals surface area contributed by atoms with E-state index in [-0.39, 0.29) is 6.10 Å². The van der Waals surface area contributed by atoms with E-state index < -0.39 is 0 Å². The van der Waals surface area contributed by atoms with Crippen molar-refractivity contribution in [2.75, 3.05) is 13.7 Å². The number of hydrogen-bond acceptors (Lipinski definition) is 4. The number of rotatable bonds is 9. The number of hydrogen-bond donors (Lipinski definition) is 0. The van der Waals surface area contributed by atoms with Crippen LogP contribution in [0.1, 0.15) is 56.3 Å². The number of oxime groups is 1. The Morgan fingerprint density at radius 2 is 1.69 bits per heavy atom. The van der Waals surface area contributed by atoms with Gasteiger partial charge in [0.1, 0.15) is 11.5 Å². The fraction of sp³-hybridized carbons (Fsp3) is 0.409. The summed E-state index contributed by atoms with van der Waals surface area (Å²) in [6.45, 7) is 3.00. The summed E-state index contributed by atoms with van der Waals surface area (Å²) >= 11 is 0. The van der Waals surface area contributed by atoms with Crippen LogP contribution >= 0.6 is 0 Å². The van der Waals surface area contributed by atoms with Gasteiger partial charge in [-0.2, -0.15) is 0 Å². The van der Waals surface area contributed by atoms with Gasteiger partial charge in [0.2, 0.25) is 0 Å². The van der Waals surface area contributed by atoms with Crippen LogP contribution in [0.5, 0.6) is 11.5 Å². The molecule has 0 aromatic heterocycles. The van der Waals surface area contributed by atoms with Crippen molar-refractivity contribution in [2.45, 2.75) is 45.1 Å². The smallest absolute Gasteiger partial charge is 0.158 e. The Balaban J connectivity index is 1.51. The zero-order valence-corrected chi connectivity index (χ0v) is 15.6. The van der Waals surface area contributed by atoms with E-state index in [1.54, 1.807) is 7.11 Å². The van der Waals surface area contributed by atoms with Crippen molar-refractivity contribution in [1.29, 1.82) is 0 Å². The van der Waals surface area contributed by atoms with Gasteiger partial charge in [-0.1, -0.05) is 43.5 Å². The van der Waals surface area contributed by atoms with E-state index in [2.05, 4.69) is 24.2 Å². The quantitative estimate of drug-likeness (QED) is 0.557. The summed E-state index contributed by atoms with van der Waals surface area (Å²) in [5.41, 5.74) is 3.16. The van der Waals surface area contributed by atoms with E-state index in [1.165, 1.54) is 19.3 Å². The van der Waals surface area contributed by atoms with Crippen molar-refractivity contribution in [3.05, 3.63) is 59.7 Å². The van der Waals surface area contributed by atoms with E-state index in [0.29, 0.717) is 0 Å². The zero-order chi connectivity index (χ0) is 18.2. The summed E-state index contributed by atoms with van der Waals surface area (Å²) in [5, 5.41) is 4.28. The lowest BCUT2D eigenvalue weighted by atomic mass is 10.0. The highest BCUT2D eigenvalue weighted by Crippen LogP contribution is 2.30. The maximum Gasteiger partial charge on any atom is 0.158 e. The van der Waals surface area contributed by atoms with Crippen LogP contribution in [0.15, 0.2) is 53.7 Å². The fourth-order valence-electron chi connectivity index (χ4n) is 3.01. The lowest BCUT2D eigenvalue weighted by Crippen LogP contribution is -2.02. The van der Waals surface area contributed by atoms with Crippen LogP contribution < -0.4 is 9.47 Å². The van der Waals surface area contributed by atoms with Gasteiger partial charge >= 0.3 is 0 Å². The summed E-state index contributed by atoms with van der Waals surface area (Å²) in [5.74, 6) is 1.76. The van der Waals surface area contributed by atoms with Gasteiger partial charge < -0.3 is 14.3 Å². The van der Waals surface area contributed by atoms with E-state index in [9.17, 15) is 0 Å². The van der Waals surface area contributed by atoms with Crippen LogP contribution in [0.4, 0.5) is 0 Å². The summed E-state index contributed by atoms with van der Waals surface area (Å²) in [7, 11) is 1.67. The maximum absolute atomic E-state index is 5.80. The second-order valence-electron chi connectivity index (χ2n) is 6.54. The molecule has 2 aromatic carbocycles. The second-order valence-corrected chi connectivity index (χ2v) is 6.54. The third-order valence-corrected chi connectivity index (χ3v) is 4.61. The second kappa shape index (κ2) is 9.27. The Kier molecular flexibility index (Phi) is 6.53. The van der Waals surface area contributed by atoms with Crippen molar-refractivity contribution in [3.8, 4) is 11.5 Å². The Labute approximate surface area is 155 Å². The molecule has 3 rings (SSSR count). The fourth-order valence-corrected chi connectivity index (χ4v) is 3.01. The first kappa shape index (κ1) is 18.3. The van der Waals surface area contributed by atoms with Crippen molar-refractivity contribution in [3.63, 3.8) is 0 Å². The molecule has 4 heteroatoms. The SMILES string of the molecule is CCCCCCOc1ccc(C2=NOC(c3ccc(OC)cc3)C2)cc1. The summed E-state index contributed by atoms with van der Waals surface area (Å²) in [4.78, 5) is 5.63. The first-order valence-corrected chi connectivity index (χ1v) is 9.40. The lowest BCUT2D eigenvalue weighted by molar-refractivity contribution is 0.0857. The predicted octanol–water partition coefficient (Wildman–Crippen LogP) is 5.52. The maximum atomic E-state index is 5.80. The molecule has 0 amide bonds. The largest absolute Gasteiger partial charge is 0.497 e. The van der Waals surface area contributed by atoms with Gasteiger partial charge in [0.25, 0.3) is 0 Å². The molecule has 0 fully saturated rings. The molecule has 0 N–H and O–H groups in total. The van der Waals surface area contributed by atoms with Gasteiger partial charge in [-0.3, -0.25) is 0 Å². The minimum absolute atomic E-state index is 0.0367. The highest BCUT2D eigenvalue weighted by Gasteiger charge is 2.23. The lowest BCUT2D eigenvalue weighted by Gasteiger charge is -2.09. The van der Waals surface area contributed by atoms with Crippen LogP contribution in [0.2, 0.25) is 0 Å². The number of unbranched alkanes of at least 4 members (excludes halogenated alkanes) is 3. The van der Waals surface area contributed by atoms with Crippen molar-refractivity contribution in [1.82, 2.24) is 0 Å². The molecule has 26 heavy (non-hydrogen) atoms. The van der Waals surface area contributed by atoms with Gasteiger partial charge in [-0.25, -0.2) is 0 Å². The zero-order valence-electron chi connectivity index (χ0n) is 15.6. The summed E-state index contributed by atoms with van der Waals surface area (Å²) in [6, 6.07) is 16.1. The molecule has 0 radical (unpaired) electrons. The number of nitrogens with zero attached hydrogens (tertiary/aromatic N) is 1. The molecule has 1 aliphatic heterocycles. The monoisotopic (exact) mass is 353 g/mol. The van der Waals surface area contributed by atoms with Crippen LogP contribution in [0.3, 0.4) is 0 Å². The van der Waals surface area contributed by atoms with E-state index in [4.69, 9.17) is 14.3 Å². The molecule has 138 valence electrons. The Bertz CT molecular complexity index is 707. The van der Waals surface area contributed by atoms with Crippen molar-refractivity contribution in [2.24, 2.45) is 5.16 Å². The summed E-state index contributed by atoms with van der Waals surface area (Å²) < 4.78 is 11.0. The topological polar surface area (TPSA) is 40.0 Å². The number of methoxy groups -OCH3 is 1. The van der Waals surface area contributed by atoms with Gasteiger partial charge in [0.15, 0.2) is 6.10 Å². The minimum atomic E-state index is -0.0367. The highest BCUT2D eigenvalue weighted by atomic mass is 16.6. The molecule has 1 heterocycles. The Morgan fingerprint density at radius 3 is 2.38 bits per heavy atom. The molecule has 2 aromatic rings. The molecular formula is C22H27NO3. The van der Waals surface area contributed by atoms with Crippen LogP contribution in [-0.4, -0.2) is 19.4 Å². The average Bonchev–Trinajstić information content (AvgIpc) is 3.18. The molecule has 1 aliphatic rings. The Morgan fingerprint density at radius 1 is 0.962 bits per heavy atom. The highest BCUT2D eigenvalue weighted by molar-refractivity contribution is 6.01. The predicted molar refractivity (Wildman–Crippen MR) is 104 cm³/mol. The summed E-state index contributed by atoms with van der Waals surface area (Å²) in [6.07, 6.45) is 5.59. The average molecular weight is 353 g/mol. The first-order valence-electron chi connectivity index (χ1n) is 9.40. The molecule has 0 spiro atoms. The van der Waals surface area contributed by atoms with Gasteiger partial charge in [-0.05, 0) is 53.9 Å². The van der Waals surface area contributed by atoms with Gasteiger partial charge in [0, 0.05) is 6.42 Å². The van der Waals surface area contributed by atoms with E-state index in [0.717, 1.165) is 47.8 Å². The molecular weight excluding hydrogens is 326 g/mol. The number of ether oxygens (including phenoxy) is 2. The minimum Gasteiger partial charge on any atom is -0.497 e. The third kappa shape index (κ3) is 4.78. The van der Waals surface area contributed by atoms with Gasteiger partial charge in [-0.15, -0.1) is 0 Å². The molecule has 0 aliphatic carbocycles. The molecule has 1 atom stereocenters.